The van der Waals surface area contributed by atoms with E-state index >= 15 is 0 Å². The predicted octanol–water partition coefficient (Wildman–Crippen LogP) is 3.29. The molecule has 30 heavy (non-hydrogen) atoms. The summed E-state index contributed by atoms with van der Waals surface area (Å²) in [4.78, 5) is 22.0. The lowest BCUT2D eigenvalue weighted by Gasteiger charge is -2.26. The maximum absolute atomic E-state index is 12.7. The van der Waals surface area contributed by atoms with Crippen LogP contribution < -0.4 is 10.9 Å². The number of fused-ring (bicyclic) bond motifs is 1. The van der Waals surface area contributed by atoms with Gasteiger partial charge in [-0.15, -0.1) is 0 Å². The highest BCUT2D eigenvalue weighted by atomic mass is 32.1. The van der Waals surface area contributed by atoms with Gasteiger partial charge in [0, 0.05) is 43.2 Å². The normalized spacial score (nSPS) is 16.0. The number of ether oxygens (including phenoxy) is 1. The second kappa shape index (κ2) is 9.36. The Kier molecular flexibility index (Phi) is 6.40. The van der Waals surface area contributed by atoms with Gasteiger partial charge < -0.3 is 19.9 Å². The SMILES string of the molecule is Cc1ccc2cc(CN(Cc3cccnc3)C(=S)NC[C@H]3CCCO3)c(=O)[nH]c2c1. The second-order valence-corrected chi connectivity index (χ2v) is 8.14. The fraction of sp³-hybridized carbons (Fsp3) is 0.348. The number of thiocarbonyl (C=S) groups is 1. The van der Waals surface area contributed by atoms with Gasteiger partial charge >= 0.3 is 0 Å². The molecule has 0 aliphatic carbocycles. The molecule has 156 valence electrons. The first-order valence-electron chi connectivity index (χ1n) is 10.2. The van der Waals surface area contributed by atoms with E-state index in [1.807, 2.05) is 54.4 Å². The van der Waals surface area contributed by atoms with Crippen LogP contribution in [-0.4, -0.2) is 39.2 Å². The van der Waals surface area contributed by atoms with Crippen LogP contribution in [0.4, 0.5) is 0 Å². The minimum atomic E-state index is -0.0915. The molecular formula is C23H26N4O2S. The molecule has 6 nitrogen and oxygen atoms in total. The van der Waals surface area contributed by atoms with Crippen molar-refractivity contribution in [3.8, 4) is 0 Å². The zero-order valence-corrected chi connectivity index (χ0v) is 17.9. The van der Waals surface area contributed by atoms with Gasteiger partial charge in [0.15, 0.2) is 5.11 Å². The molecule has 3 aromatic rings. The first-order valence-corrected chi connectivity index (χ1v) is 10.6. The molecule has 1 aliphatic rings. The highest BCUT2D eigenvalue weighted by Crippen LogP contribution is 2.16. The molecule has 2 N–H and O–H groups in total. The Hall–Kier alpha value is -2.77. The third kappa shape index (κ3) is 5.04. The molecule has 0 unspecified atom stereocenters. The summed E-state index contributed by atoms with van der Waals surface area (Å²) < 4.78 is 5.69. The summed E-state index contributed by atoms with van der Waals surface area (Å²) in [5.41, 5.74) is 3.58. The number of pyridine rings is 2. The van der Waals surface area contributed by atoms with Crippen LogP contribution in [0.1, 0.15) is 29.5 Å². The van der Waals surface area contributed by atoms with Crippen LogP contribution in [0.15, 0.2) is 53.6 Å². The maximum atomic E-state index is 12.7. The van der Waals surface area contributed by atoms with E-state index in [-0.39, 0.29) is 11.7 Å². The van der Waals surface area contributed by atoms with E-state index in [9.17, 15) is 4.79 Å². The molecule has 0 saturated carbocycles. The average molecular weight is 423 g/mol. The van der Waals surface area contributed by atoms with Gasteiger partial charge in [-0.2, -0.15) is 0 Å². The number of aromatic amines is 1. The lowest BCUT2D eigenvalue weighted by molar-refractivity contribution is 0.113. The van der Waals surface area contributed by atoms with E-state index in [1.54, 1.807) is 6.20 Å². The van der Waals surface area contributed by atoms with E-state index < -0.39 is 0 Å². The average Bonchev–Trinajstić information content (AvgIpc) is 3.26. The van der Waals surface area contributed by atoms with Crippen molar-refractivity contribution in [2.45, 2.75) is 39.0 Å². The monoisotopic (exact) mass is 422 g/mol. The van der Waals surface area contributed by atoms with E-state index in [4.69, 9.17) is 17.0 Å². The zero-order valence-electron chi connectivity index (χ0n) is 17.1. The topological polar surface area (TPSA) is 70.2 Å². The van der Waals surface area contributed by atoms with Crippen molar-refractivity contribution in [1.82, 2.24) is 20.2 Å². The van der Waals surface area contributed by atoms with Gasteiger partial charge in [-0.3, -0.25) is 9.78 Å². The Morgan fingerprint density at radius 1 is 1.33 bits per heavy atom. The second-order valence-electron chi connectivity index (χ2n) is 7.75. The van der Waals surface area contributed by atoms with Crippen molar-refractivity contribution >= 4 is 28.2 Å². The number of aryl methyl sites for hydroxylation is 1. The number of rotatable bonds is 6. The van der Waals surface area contributed by atoms with Crippen molar-refractivity contribution in [3.05, 3.63) is 75.8 Å². The number of nitrogens with one attached hydrogen (secondary N) is 2. The Morgan fingerprint density at radius 2 is 2.23 bits per heavy atom. The molecule has 1 atom stereocenters. The molecule has 1 aromatic carbocycles. The van der Waals surface area contributed by atoms with E-state index in [1.165, 1.54) is 0 Å². The Labute approximate surface area is 181 Å². The van der Waals surface area contributed by atoms with Crippen LogP contribution in [0, 0.1) is 6.92 Å². The Morgan fingerprint density at radius 3 is 3.00 bits per heavy atom. The van der Waals surface area contributed by atoms with Gasteiger partial charge in [-0.25, -0.2) is 0 Å². The molecule has 4 rings (SSSR count). The van der Waals surface area contributed by atoms with Crippen LogP contribution >= 0.6 is 12.2 Å². The zero-order chi connectivity index (χ0) is 20.9. The molecule has 1 fully saturated rings. The number of hydrogen-bond acceptors (Lipinski definition) is 4. The molecule has 3 heterocycles. The Bertz CT molecular complexity index is 1080. The van der Waals surface area contributed by atoms with Gasteiger partial charge in [-0.05, 0) is 66.7 Å². The van der Waals surface area contributed by atoms with Crippen LogP contribution in [0.3, 0.4) is 0 Å². The molecule has 1 saturated heterocycles. The van der Waals surface area contributed by atoms with Crippen molar-refractivity contribution < 1.29 is 4.74 Å². The third-order valence-corrected chi connectivity index (χ3v) is 5.73. The van der Waals surface area contributed by atoms with E-state index in [2.05, 4.69) is 15.3 Å². The van der Waals surface area contributed by atoms with Crippen LogP contribution in [0.2, 0.25) is 0 Å². The smallest absolute Gasteiger partial charge is 0.253 e. The molecule has 1 aliphatic heterocycles. The van der Waals surface area contributed by atoms with Crippen molar-refractivity contribution in [2.75, 3.05) is 13.2 Å². The first-order chi connectivity index (χ1) is 14.6. The quantitative estimate of drug-likeness (QED) is 0.594. The van der Waals surface area contributed by atoms with Gasteiger partial charge in [0.1, 0.15) is 0 Å². The van der Waals surface area contributed by atoms with Crippen molar-refractivity contribution in [3.63, 3.8) is 0 Å². The summed E-state index contributed by atoms with van der Waals surface area (Å²) in [6, 6.07) is 11.9. The molecule has 0 radical (unpaired) electrons. The summed E-state index contributed by atoms with van der Waals surface area (Å²) in [5.74, 6) is 0. The van der Waals surface area contributed by atoms with E-state index in [0.717, 1.165) is 41.5 Å². The fourth-order valence-corrected chi connectivity index (χ4v) is 3.93. The third-order valence-electron chi connectivity index (χ3n) is 5.33. The van der Waals surface area contributed by atoms with Gasteiger partial charge in [0.25, 0.3) is 5.56 Å². The lowest BCUT2D eigenvalue weighted by Crippen LogP contribution is -2.42. The number of H-pyrrole nitrogens is 1. The number of aromatic nitrogens is 2. The van der Waals surface area contributed by atoms with Crippen LogP contribution in [0.5, 0.6) is 0 Å². The molecule has 0 spiro atoms. The molecule has 0 bridgehead atoms. The molecule has 2 aromatic heterocycles. The minimum Gasteiger partial charge on any atom is -0.376 e. The molecule has 7 heteroatoms. The predicted molar refractivity (Wildman–Crippen MR) is 122 cm³/mol. The van der Waals surface area contributed by atoms with E-state index in [0.29, 0.717) is 30.3 Å². The number of nitrogens with zero attached hydrogens (tertiary/aromatic N) is 2. The lowest BCUT2D eigenvalue weighted by atomic mass is 10.1. The summed E-state index contributed by atoms with van der Waals surface area (Å²) in [5, 5.41) is 4.95. The highest BCUT2D eigenvalue weighted by Gasteiger charge is 2.18. The highest BCUT2D eigenvalue weighted by molar-refractivity contribution is 7.80. The Balaban J connectivity index is 1.56. The van der Waals surface area contributed by atoms with Crippen LogP contribution in [-0.2, 0) is 17.8 Å². The first kappa shape index (κ1) is 20.5. The summed E-state index contributed by atoms with van der Waals surface area (Å²) in [7, 11) is 0. The standard InChI is InChI=1S/C23H26N4O2S/c1-16-6-7-18-11-19(22(28)26-21(18)10-16)15-27(14-17-4-2-8-24-12-17)23(30)25-13-20-5-3-9-29-20/h2,4,6-8,10-12,20H,3,5,9,13-15H2,1H3,(H,25,30)(H,26,28)/t20-/m1/s1. The summed E-state index contributed by atoms with van der Waals surface area (Å²) in [6.45, 7) is 4.47. The van der Waals surface area contributed by atoms with Crippen molar-refractivity contribution in [2.24, 2.45) is 0 Å². The van der Waals surface area contributed by atoms with Gasteiger partial charge in [-0.1, -0.05) is 18.2 Å². The van der Waals surface area contributed by atoms with Crippen molar-refractivity contribution in [1.29, 1.82) is 0 Å². The minimum absolute atomic E-state index is 0.0915. The molecular weight excluding hydrogens is 396 g/mol. The largest absolute Gasteiger partial charge is 0.376 e. The van der Waals surface area contributed by atoms with Gasteiger partial charge in [0.05, 0.1) is 12.6 Å². The fourth-order valence-electron chi connectivity index (χ4n) is 3.71. The summed E-state index contributed by atoms with van der Waals surface area (Å²) in [6.07, 6.45) is 5.89. The summed E-state index contributed by atoms with van der Waals surface area (Å²) >= 11 is 5.69. The van der Waals surface area contributed by atoms with Crippen LogP contribution in [0.25, 0.3) is 10.9 Å². The maximum Gasteiger partial charge on any atom is 0.253 e. The molecule has 0 amide bonds. The number of hydrogen-bond donors (Lipinski definition) is 2. The number of benzene rings is 1. The van der Waals surface area contributed by atoms with Gasteiger partial charge in [0.2, 0.25) is 0 Å².